The fraction of sp³-hybridized carbons (Fsp3) is 0.188. The molecular weight excluding hydrogens is 255 g/mol. The number of aryl methyl sites for hydroxylation is 2. The fourth-order valence-electron chi connectivity index (χ4n) is 2.01. The first-order valence-electron chi connectivity index (χ1n) is 6.36. The van der Waals surface area contributed by atoms with Crippen molar-refractivity contribution in [2.45, 2.75) is 13.8 Å². The summed E-state index contributed by atoms with van der Waals surface area (Å²) in [6.07, 6.45) is 0. The number of benzene rings is 2. The molecule has 0 aromatic heterocycles. The third-order valence-electron chi connectivity index (χ3n) is 3.14. The van der Waals surface area contributed by atoms with Crippen molar-refractivity contribution in [2.24, 2.45) is 0 Å². The highest BCUT2D eigenvalue weighted by Gasteiger charge is 2.09. The number of halogens is 1. The zero-order valence-corrected chi connectivity index (χ0v) is 11.5. The Hall–Kier alpha value is -2.36. The van der Waals surface area contributed by atoms with Crippen LogP contribution < -0.4 is 11.1 Å². The number of hydrogen-bond donors (Lipinski definition) is 2. The van der Waals surface area contributed by atoms with Gasteiger partial charge < -0.3 is 11.1 Å². The van der Waals surface area contributed by atoms with E-state index in [-0.39, 0.29) is 18.0 Å². The topological polar surface area (TPSA) is 55.1 Å². The first-order valence-corrected chi connectivity index (χ1v) is 6.36. The van der Waals surface area contributed by atoms with E-state index in [1.54, 1.807) is 0 Å². The summed E-state index contributed by atoms with van der Waals surface area (Å²) in [6.45, 7) is 4.15. The first kappa shape index (κ1) is 14.1. The van der Waals surface area contributed by atoms with Crippen LogP contribution in [-0.2, 0) is 0 Å². The Bertz CT molecular complexity index is 653. The number of nitrogen functional groups attached to an aromatic ring is 1. The van der Waals surface area contributed by atoms with Crippen molar-refractivity contribution in [1.29, 1.82) is 0 Å². The van der Waals surface area contributed by atoms with E-state index >= 15 is 0 Å². The Morgan fingerprint density at radius 1 is 1.20 bits per heavy atom. The zero-order valence-electron chi connectivity index (χ0n) is 11.5. The van der Waals surface area contributed by atoms with Crippen LogP contribution in [0.3, 0.4) is 0 Å². The number of nitrogens with two attached hydrogens (primary N) is 1. The van der Waals surface area contributed by atoms with Crippen LogP contribution in [0.25, 0.3) is 0 Å². The van der Waals surface area contributed by atoms with Crippen LogP contribution in [0.5, 0.6) is 0 Å². The summed E-state index contributed by atoms with van der Waals surface area (Å²) in [6, 6.07) is 9.98. The van der Waals surface area contributed by atoms with Gasteiger partial charge in [-0.25, -0.2) is 4.39 Å². The maximum absolute atomic E-state index is 13.1. The van der Waals surface area contributed by atoms with E-state index in [4.69, 9.17) is 5.73 Å². The number of carbonyl (C=O) groups excluding carboxylic acids is 1. The fourth-order valence-corrected chi connectivity index (χ4v) is 2.01. The van der Waals surface area contributed by atoms with Crippen LogP contribution in [0, 0.1) is 19.7 Å². The molecule has 2 aromatic carbocycles. The minimum Gasteiger partial charge on any atom is -0.396 e. The minimum absolute atomic E-state index is 0.0117. The molecule has 0 saturated heterocycles. The second kappa shape index (κ2) is 5.74. The average Bonchev–Trinajstić information content (AvgIpc) is 2.40. The van der Waals surface area contributed by atoms with Gasteiger partial charge >= 0.3 is 0 Å². The molecule has 2 aromatic rings. The molecule has 0 amide bonds. The highest BCUT2D eigenvalue weighted by molar-refractivity contribution is 5.99. The first-order chi connectivity index (χ1) is 9.47. The second-order valence-corrected chi connectivity index (χ2v) is 4.83. The van der Waals surface area contributed by atoms with Crippen molar-refractivity contribution < 1.29 is 9.18 Å². The van der Waals surface area contributed by atoms with E-state index in [2.05, 4.69) is 5.32 Å². The smallest absolute Gasteiger partial charge is 0.181 e. The lowest BCUT2D eigenvalue weighted by Gasteiger charge is -2.10. The Labute approximate surface area is 117 Å². The number of anilines is 2. The number of nitrogens with one attached hydrogen (secondary N) is 1. The number of Topliss-reactive ketones (excluding diaryl/α,β-unsaturated/α-hetero) is 1. The Morgan fingerprint density at radius 3 is 2.60 bits per heavy atom. The quantitative estimate of drug-likeness (QED) is 0.663. The predicted molar refractivity (Wildman–Crippen MR) is 79.5 cm³/mol. The van der Waals surface area contributed by atoms with Crippen LogP contribution >= 0.6 is 0 Å². The van der Waals surface area contributed by atoms with Crippen LogP contribution in [0.2, 0.25) is 0 Å². The summed E-state index contributed by atoms with van der Waals surface area (Å²) < 4.78 is 13.1. The van der Waals surface area contributed by atoms with Crippen LogP contribution in [0.15, 0.2) is 36.4 Å². The molecule has 0 bridgehead atoms. The van der Waals surface area contributed by atoms with Gasteiger partial charge in [0.25, 0.3) is 0 Å². The van der Waals surface area contributed by atoms with Crippen LogP contribution in [0.4, 0.5) is 15.8 Å². The van der Waals surface area contributed by atoms with Gasteiger partial charge in [0.05, 0.1) is 12.2 Å². The predicted octanol–water partition coefficient (Wildman–Crippen LogP) is 3.32. The van der Waals surface area contributed by atoms with E-state index in [9.17, 15) is 9.18 Å². The van der Waals surface area contributed by atoms with Gasteiger partial charge in [0.15, 0.2) is 5.78 Å². The molecule has 2 rings (SSSR count). The van der Waals surface area contributed by atoms with E-state index in [0.717, 1.165) is 11.3 Å². The van der Waals surface area contributed by atoms with E-state index < -0.39 is 5.82 Å². The molecule has 0 aliphatic rings. The lowest BCUT2D eigenvalue weighted by molar-refractivity contribution is 0.101. The lowest BCUT2D eigenvalue weighted by atomic mass is 10.1. The standard InChI is InChI=1S/C16H17FN2O/c1-10-3-6-15(11(2)7-10)19-9-16(20)12-4-5-13(17)14(18)8-12/h3-8,19H,9,18H2,1-2H3. The molecule has 0 atom stereocenters. The van der Waals surface area contributed by atoms with E-state index in [1.165, 1.54) is 23.8 Å². The maximum Gasteiger partial charge on any atom is 0.181 e. The Balaban J connectivity index is 2.06. The lowest BCUT2D eigenvalue weighted by Crippen LogP contribution is -2.15. The van der Waals surface area contributed by atoms with E-state index in [0.29, 0.717) is 5.56 Å². The average molecular weight is 272 g/mol. The molecule has 0 spiro atoms. The summed E-state index contributed by atoms with van der Waals surface area (Å²) >= 11 is 0. The van der Waals surface area contributed by atoms with Crippen molar-refractivity contribution in [3.05, 3.63) is 58.9 Å². The molecule has 0 fully saturated rings. The largest absolute Gasteiger partial charge is 0.396 e. The molecule has 0 aliphatic heterocycles. The SMILES string of the molecule is Cc1ccc(NCC(=O)c2ccc(F)c(N)c2)c(C)c1. The van der Waals surface area contributed by atoms with Gasteiger partial charge in [-0.1, -0.05) is 17.7 Å². The number of ketones is 1. The molecule has 0 heterocycles. The Kier molecular flexibility index (Phi) is 4.03. The van der Waals surface area contributed by atoms with Gasteiger partial charge in [0.1, 0.15) is 5.82 Å². The Morgan fingerprint density at radius 2 is 1.95 bits per heavy atom. The molecule has 4 heteroatoms. The van der Waals surface area contributed by atoms with Gasteiger partial charge in [-0.15, -0.1) is 0 Å². The molecule has 0 unspecified atom stereocenters. The van der Waals surface area contributed by atoms with Crippen molar-refractivity contribution in [3.8, 4) is 0 Å². The summed E-state index contributed by atoms with van der Waals surface area (Å²) in [4.78, 5) is 12.0. The molecule has 104 valence electrons. The molecule has 20 heavy (non-hydrogen) atoms. The van der Waals surface area contributed by atoms with Crippen LogP contribution in [0.1, 0.15) is 21.5 Å². The number of carbonyl (C=O) groups is 1. The van der Waals surface area contributed by atoms with E-state index in [1.807, 2.05) is 32.0 Å². The van der Waals surface area contributed by atoms with Crippen molar-refractivity contribution >= 4 is 17.2 Å². The maximum atomic E-state index is 13.1. The summed E-state index contributed by atoms with van der Waals surface area (Å²) in [5.41, 5.74) is 9.02. The molecule has 0 aliphatic carbocycles. The van der Waals surface area contributed by atoms with Gasteiger partial charge in [-0.2, -0.15) is 0 Å². The molecular formula is C16H17FN2O. The molecule has 3 N–H and O–H groups in total. The van der Waals surface area contributed by atoms with Gasteiger partial charge in [-0.3, -0.25) is 4.79 Å². The monoisotopic (exact) mass is 272 g/mol. The third-order valence-corrected chi connectivity index (χ3v) is 3.14. The second-order valence-electron chi connectivity index (χ2n) is 4.83. The molecule has 0 saturated carbocycles. The molecule has 3 nitrogen and oxygen atoms in total. The van der Waals surface area contributed by atoms with Gasteiger partial charge in [0, 0.05) is 11.3 Å². The minimum atomic E-state index is -0.510. The highest BCUT2D eigenvalue weighted by Crippen LogP contribution is 2.17. The van der Waals surface area contributed by atoms with Crippen molar-refractivity contribution in [2.75, 3.05) is 17.6 Å². The van der Waals surface area contributed by atoms with Crippen LogP contribution in [-0.4, -0.2) is 12.3 Å². The highest BCUT2D eigenvalue weighted by atomic mass is 19.1. The molecule has 0 radical (unpaired) electrons. The summed E-state index contributed by atoms with van der Waals surface area (Å²) in [5.74, 6) is -0.638. The number of rotatable bonds is 4. The summed E-state index contributed by atoms with van der Waals surface area (Å²) in [5, 5.41) is 3.09. The zero-order chi connectivity index (χ0) is 14.7. The normalized spacial score (nSPS) is 10.3. The van der Waals surface area contributed by atoms with Crippen molar-refractivity contribution in [1.82, 2.24) is 0 Å². The van der Waals surface area contributed by atoms with Gasteiger partial charge in [-0.05, 0) is 43.7 Å². The third kappa shape index (κ3) is 3.15. The summed E-state index contributed by atoms with van der Waals surface area (Å²) in [7, 11) is 0. The van der Waals surface area contributed by atoms with Crippen molar-refractivity contribution in [3.63, 3.8) is 0 Å². The van der Waals surface area contributed by atoms with Gasteiger partial charge in [0.2, 0.25) is 0 Å². The number of hydrogen-bond acceptors (Lipinski definition) is 3.